The molecule has 1 fully saturated rings. The van der Waals surface area contributed by atoms with Crippen molar-refractivity contribution in [2.45, 2.75) is 6.92 Å². The number of oxazole rings is 1. The van der Waals surface area contributed by atoms with E-state index in [-0.39, 0.29) is 17.2 Å². The van der Waals surface area contributed by atoms with Crippen LogP contribution in [-0.2, 0) is 0 Å². The van der Waals surface area contributed by atoms with Gasteiger partial charge in [0.05, 0.1) is 12.2 Å². The lowest BCUT2D eigenvalue weighted by molar-refractivity contribution is 0.0740. The molecule has 4 rings (SSSR count). The lowest BCUT2D eigenvalue weighted by Gasteiger charge is -2.34. The van der Waals surface area contributed by atoms with Crippen LogP contribution < -0.4 is 9.64 Å². The van der Waals surface area contributed by atoms with Crippen LogP contribution >= 0.6 is 0 Å². The number of carbonyl (C=O) groups excluding carboxylic acids is 1. The van der Waals surface area contributed by atoms with Crippen molar-refractivity contribution in [1.82, 2.24) is 9.88 Å². The van der Waals surface area contributed by atoms with Crippen molar-refractivity contribution in [2.75, 3.05) is 37.7 Å². The molecule has 0 spiro atoms. The summed E-state index contributed by atoms with van der Waals surface area (Å²) in [4.78, 5) is 20.4. The fourth-order valence-corrected chi connectivity index (χ4v) is 3.61. The summed E-state index contributed by atoms with van der Waals surface area (Å²) in [6, 6.07) is 15.6. The Morgan fingerprint density at radius 3 is 2.55 bits per heavy atom. The number of amides is 1. The lowest BCUT2D eigenvalue weighted by Crippen LogP contribution is -2.49. The molecule has 0 N–H and O–H groups in total. The smallest absolute Gasteiger partial charge is 0.256 e. The van der Waals surface area contributed by atoms with E-state index in [9.17, 15) is 14.4 Å². The highest BCUT2D eigenvalue weighted by Gasteiger charge is 2.27. The Hall–Kier alpha value is -4.12. The Balaban J connectivity index is 1.42. The van der Waals surface area contributed by atoms with Crippen LogP contribution in [0.15, 0.2) is 52.9 Å². The largest absolute Gasteiger partial charge is 0.494 e. The summed E-state index contributed by atoms with van der Waals surface area (Å²) < 4.78 is 25.2. The first kappa shape index (κ1) is 22.1. The molecule has 33 heavy (non-hydrogen) atoms. The third-order valence-corrected chi connectivity index (χ3v) is 5.30. The van der Waals surface area contributed by atoms with Gasteiger partial charge in [0, 0.05) is 32.3 Å². The van der Waals surface area contributed by atoms with Crippen molar-refractivity contribution >= 4 is 23.9 Å². The number of anilines is 1. The fourth-order valence-electron chi connectivity index (χ4n) is 3.61. The number of nitrogens with zero attached hydrogens (tertiary/aromatic N) is 4. The zero-order valence-corrected chi connectivity index (χ0v) is 18.2. The number of hydrogen-bond donors (Lipinski definition) is 0. The molecule has 0 radical (unpaired) electrons. The Kier molecular flexibility index (Phi) is 6.69. The van der Waals surface area contributed by atoms with Crippen molar-refractivity contribution in [3.63, 3.8) is 0 Å². The van der Waals surface area contributed by atoms with Crippen LogP contribution in [0.5, 0.6) is 5.75 Å². The molecular weight excluding hydrogens is 423 g/mol. The highest BCUT2D eigenvalue weighted by atomic mass is 19.1. The molecule has 2 aromatic carbocycles. The number of carbonyl (C=O) groups is 1. The van der Waals surface area contributed by atoms with E-state index in [1.165, 1.54) is 12.1 Å². The average molecular weight is 446 g/mol. The maximum atomic E-state index is 14.0. The molecule has 0 aliphatic carbocycles. The van der Waals surface area contributed by atoms with Crippen LogP contribution in [0.2, 0.25) is 0 Å². The number of nitriles is 1. The van der Waals surface area contributed by atoms with Gasteiger partial charge >= 0.3 is 0 Å². The van der Waals surface area contributed by atoms with Gasteiger partial charge in [-0.15, -0.1) is 0 Å². The van der Waals surface area contributed by atoms with Gasteiger partial charge in [-0.05, 0) is 42.8 Å². The second-order valence-corrected chi connectivity index (χ2v) is 7.41. The molecule has 1 amide bonds. The standard InChI is InChI=1S/C25H23FN4O3/c1-2-32-19-10-7-18(8-11-19)9-12-23-28-22(17-27)25(33-23)30-15-13-29(14-16-30)24(31)20-5-3-4-6-21(20)26/h3-12H,2,13-16H2,1H3. The first-order chi connectivity index (χ1) is 16.1. The van der Waals surface area contributed by atoms with E-state index in [0.717, 1.165) is 11.3 Å². The van der Waals surface area contributed by atoms with Gasteiger partial charge in [-0.2, -0.15) is 10.2 Å². The van der Waals surface area contributed by atoms with Gasteiger partial charge < -0.3 is 19.0 Å². The van der Waals surface area contributed by atoms with Gasteiger partial charge in [0.2, 0.25) is 17.5 Å². The second-order valence-electron chi connectivity index (χ2n) is 7.41. The van der Waals surface area contributed by atoms with E-state index < -0.39 is 5.82 Å². The van der Waals surface area contributed by atoms with Crippen LogP contribution in [0, 0.1) is 17.1 Å². The number of benzene rings is 2. The first-order valence-corrected chi connectivity index (χ1v) is 10.7. The van der Waals surface area contributed by atoms with E-state index in [2.05, 4.69) is 11.1 Å². The summed E-state index contributed by atoms with van der Waals surface area (Å²) in [6.45, 7) is 4.21. The summed E-state index contributed by atoms with van der Waals surface area (Å²) in [7, 11) is 0. The van der Waals surface area contributed by atoms with E-state index in [0.29, 0.717) is 44.6 Å². The van der Waals surface area contributed by atoms with E-state index in [1.54, 1.807) is 23.1 Å². The molecule has 0 saturated carbocycles. The van der Waals surface area contributed by atoms with Gasteiger partial charge in [-0.3, -0.25) is 4.79 Å². The molecule has 1 aliphatic heterocycles. The molecule has 2 heterocycles. The summed E-state index contributed by atoms with van der Waals surface area (Å²) in [6.07, 6.45) is 3.55. The SMILES string of the molecule is CCOc1ccc(C=Cc2nc(C#N)c(N3CCN(C(=O)c4ccccc4F)CC3)o2)cc1. The van der Waals surface area contributed by atoms with Crippen LogP contribution in [0.25, 0.3) is 12.2 Å². The topological polar surface area (TPSA) is 82.6 Å². The first-order valence-electron chi connectivity index (χ1n) is 10.7. The fraction of sp³-hybridized carbons (Fsp3) is 0.240. The van der Waals surface area contributed by atoms with Crippen molar-refractivity contribution in [1.29, 1.82) is 5.26 Å². The minimum atomic E-state index is -0.532. The number of aromatic nitrogens is 1. The lowest BCUT2D eigenvalue weighted by atomic mass is 10.1. The number of hydrogen-bond acceptors (Lipinski definition) is 6. The number of halogens is 1. The van der Waals surface area contributed by atoms with Gasteiger partial charge in [0.25, 0.3) is 5.91 Å². The minimum absolute atomic E-state index is 0.0602. The van der Waals surface area contributed by atoms with Crippen molar-refractivity contribution < 1.29 is 18.3 Å². The number of ether oxygens (including phenoxy) is 1. The Morgan fingerprint density at radius 2 is 1.88 bits per heavy atom. The van der Waals surface area contributed by atoms with E-state index in [4.69, 9.17) is 9.15 Å². The molecular formula is C25H23FN4O3. The Bertz CT molecular complexity index is 1190. The molecule has 8 heteroatoms. The average Bonchev–Trinajstić information content (AvgIpc) is 3.27. The molecule has 168 valence electrons. The molecule has 0 bridgehead atoms. The Labute approximate surface area is 191 Å². The minimum Gasteiger partial charge on any atom is -0.494 e. The second kappa shape index (κ2) is 10.0. The molecule has 1 aliphatic rings. The molecule has 7 nitrogen and oxygen atoms in total. The zero-order valence-electron chi connectivity index (χ0n) is 18.2. The summed E-state index contributed by atoms with van der Waals surface area (Å²) in [5.74, 6) is 0.621. The van der Waals surface area contributed by atoms with Gasteiger partial charge in [-0.1, -0.05) is 24.3 Å². The maximum Gasteiger partial charge on any atom is 0.256 e. The highest BCUT2D eigenvalue weighted by molar-refractivity contribution is 5.94. The summed E-state index contributed by atoms with van der Waals surface area (Å²) in [5, 5.41) is 9.50. The molecule has 1 saturated heterocycles. The van der Waals surface area contributed by atoms with Crippen LogP contribution in [0.1, 0.15) is 34.4 Å². The van der Waals surface area contributed by atoms with Crippen LogP contribution in [0.4, 0.5) is 10.3 Å². The Morgan fingerprint density at radius 1 is 1.15 bits per heavy atom. The van der Waals surface area contributed by atoms with Gasteiger partial charge in [0.1, 0.15) is 17.6 Å². The maximum absolute atomic E-state index is 14.0. The highest BCUT2D eigenvalue weighted by Crippen LogP contribution is 2.25. The number of rotatable bonds is 6. The predicted octanol–water partition coefficient (Wildman–Crippen LogP) is 4.22. The molecule has 0 atom stereocenters. The molecule has 0 unspecified atom stereocenters. The third kappa shape index (κ3) is 5.04. The van der Waals surface area contributed by atoms with Crippen molar-refractivity contribution in [3.05, 3.63) is 77.1 Å². The predicted molar refractivity (Wildman–Crippen MR) is 122 cm³/mol. The summed E-state index contributed by atoms with van der Waals surface area (Å²) in [5.41, 5.74) is 1.19. The van der Waals surface area contributed by atoms with E-state index >= 15 is 0 Å². The van der Waals surface area contributed by atoms with E-state index in [1.807, 2.05) is 42.2 Å². The quantitative estimate of drug-likeness (QED) is 0.564. The summed E-state index contributed by atoms with van der Waals surface area (Å²) >= 11 is 0. The van der Waals surface area contributed by atoms with Gasteiger partial charge in [0.15, 0.2) is 0 Å². The van der Waals surface area contributed by atoms with Crippen LogP contribution in [0.3, 0.4) is 0 Å². The number of piperazine rings is 1. The normalized spacial score (nSPS) is 13.8. The molecule has 1 aromatic heterocycles. The third-order valence-electron chi connectivity index (χ3n) is 5.30. The monoisotopic (exact) mass is 446 g/mol. The van der Waals surface area contributed by atoms with Crippen molar-refractivity contribution in [2.24, 2.45) is 0 Å². The zero-order chi connectivity index (χ0) is 23.2. The molecule has 3 aromatic rings. The van der Waals surface area contributed by atoms with Crippen LogP contribution in [-0.4, -0.2) is 48.6 Å². The van der Waals surface area contributed by atoms with Gasteiger partial charge in [-0.25, -0.2) is 4.39 Å². The van der Waals surface area contributed by atoms with Crippen molar-refractivity contribution in [3.8, 4) is 11.8 Å².